The van der Waals surface area contributed by atoms with Gasteiger partial charge in [-0.25, -0.2) is 18.5 Å². The summed E-state index contributed by atoms with van der Waals surface area (Å²) in [5, 5.41) is 9.67. The third-order valence-electron chi connectivity index (χ3n) is 6.21. The van der Waals surface area contributed by atoms with Crippen LogP contribution in [0, 0.1) is 17.6 Å². The molecule has 2 heterocycles. The summed E-state index contributed by atoms with van der Waals surface area (Å²) in [6.45, 7) is 1.54. The highest BCUT2D eigenvalue weighted by atomic mass is 19.1. The van der Waals surface area contributed by atoms with Crippen LogP contribution in [0.2, 0.25) is 0 Å². The summed E-state index contributed by atoms with van der Waals surface area (Å²) in [6.07, 6.45) is 0.684. The van der Waals surface area contributed by atoms with Crippen molar-refractivity contribution in [1.82, 2.24) is 4.90 Å². The van der Waals surface area contributed by atoms with Crippen molar-refractivity contribution in [2.75, 3.05) is 4.90 Å². The summed E-state index contributed by atoms with van der Waals surface area (Å²) >= 11 is 0. The minimum atomic E-state index is -1.36. The molecular formula is C24H18F2N2O5. The number of ether oxygens (including phenoxy) is 1. The lowest BCUT2D eigenvalue weighted by atomic mass is 9.97. The van der Waals surface area contributed by atoms with E-state index in [9.17, 15) is 28.3 Å². The number of carbonyl (C=O) groups excluding carboxylic acids is 2. The van der Waals surface area contributed by atoms with Gasteiger partial charge in [0, 0.05) is 17.6 Å². The van der Waals surface area contributed by atoms with Crippen LogP contribution in [0.1, 0.15) is 24.1 Å². The molecule has 168 valence electrons. The number of nitrogens with zero attached hydrogens (tertiary/aromatic N) is 2. The summed E-state index contributed by atoms with van der Waals surface area (Å²) in [5.41, 5.74) is 2.14. The molecule has 7 nitrogen and oxygen atoms in total. The van der Waals surface area contributed by atoms with E-state index >= 15 is 0 Å². The van der Waals surface area contributed by atoms with E-state index in [1.54, 1.807) is 12.1 Å². The van der Waals surface area contributed by atoms with Gasteiger partial charge in [0.1, 0.15) is 11.6 Å². The number of benzene rings is 2. The summed E-state index contributed by atoms with van der Waals surface area (Å²) in [4.78, 5) is 39.3. The molecule has 3 amide bonds. The van der Waals surface area contributed by atoms with Crippen LogP contribution in [0.5, 0.6) is 0 Å². The molecule has 2 aromatic rings. The van der Waals surface area contributed by atoms with Gasteiger partial charge in [0.25, 0.3) is 11.8 Å². The van der Waals surface area contributed by atoms with Gasteiger partial charge in [0.15, 0.2) is 6.23 Å². The maximum Gasteiger partial charge on any atom is 0.414 e. The standard InChI is InChI=1S/C24H18F2N2O5/c1-12-6-20(27(22(12)29)16-9-14(25)8-15(26)10-16)33-11-19-18-7-13-4-2-3-5-17(13)21(18)28(23(19)30)24(31)32/h2-6,8-11,18,20-21H,7H2,1H3,(H,31,32)/b19-11+. The summed E-state index contributed by atoms with van der Waals surface area (Å²) in [5.74, 6) is -3.34. The molecule has 3 aliphatic rings. The first-order valence-electron chi connectivity index (χ1n) is 10.2. The molecule has 0 bridgehead atoms. The van der Waals surface area contributed by atoms with Crippen molar-refractivity contribution < 1.29 is 33.0 Å². The van der Waals surface area contributed by atoms with Crippen molar-refractivity contribution in [3.05, 3.63) is 88.7 Å². The second-order valence-electron chi connectivity index (χ2n) is 8.16. The number of fused-ring (bicyclic) bond motifs is 3. The number of likely N-dealkylation sites (tertiary alicyclic amines) is 1. The van der Waals surface area contributed by atoms with Crippen LogP contribution in [-0.4, -0.2) is 34.1 Å². The monoisotopic (exact) mass is 452 g/mol. The molecule has 2 aromatic carbocycles. The highest BCUT2D eigenvalue weighted by molar-refractivity contribution is 6.08. The Bertz CT molecular complexity index is 1250. The first-order chi connectivity index (χ1) is 15.8. The number of carboxylic acid groups (broad SMARTS) is 1. The van der Waals surface area contributed by atoms with E-state index < -0.39 is 47.7 Å². The third kappa shape index (κ3) is 3.27. The highest BCUT2D eigenvalue weighted by Crippen LogP contribution is 2.49. The van der Waals surface area contributed by atoms with Crippen molar-refractivity contribution in [2.45, 2.75) is 25.6 Å². The Morgan fingerprint density at radius 3 is 2.52 bits per heavy atom. The second-order valence-corrected chi connectivity index (χ2v) is 8.16. The van der Waals surface area contributed by atoms with Gasteiger partial charge in [-0.3, -0.25) is 14.5 Å². The van der Waals surface area contributed by atoms with E-state index in [-0.39, 0.29) is 11.3 Å². The molecule has 1 N–H and O–H groups in total. The number of hydrogen-bond donors (Lipinski definition) is 1. The van der Waals surface area contributed by atoms with Gasteiger partial charge in [0.2, 0.25) is 0 Å². The smallest absolute Gasteiger partial charge is 0.414 e. The Labute approximate surface area is 187 Å². The zero-order chi connectivity index (χ0) is 23.4. The number of halogens is 2. The van der Waals surface area contributed by atoms with Crippen molar-refractivity contribution in [1.29, 1.82) is 0 Å². The Hall–Kier alpha value is -4.01. The molecule has 0 spiro atoms. The molecule has 3 atom stereocenters. The highest BCUT2D eigenvalue weighted by Gasteiger charge is 2.52. The number of imide groups is 1. The lowest BCUT2D eigenvalue weighted by Gasteiger charge is -2.24. The molecular weight excluding hydrogens is 434 g/mol. The molecule has 1 fully saturated rings. The van der Waals surface area contributed by atoms with Gasteiger partial charge < -0.3 is 9.84 Å². The van der Waals surface area contributed by atoms with Crippen molar-refractivity contribution >= 4 is 23.6 Å². The lowest BCUT2D eigenvalue weighted by molar-refractivity contribution is -0.124. The zero-order valence-corrected chi connectivity index (χ0v) is 17.4. The van der Waals surface area contributed by atoms with E-state index in [2.05, 4.69) is 0 Å². The largest absolute Gasteiger partial charge is 0.474 e. The molecule has 2 aliphatic heterocycles. The Morgan fingerprint density at radius 2 is 1.82 bits per heavy atom. The van der Waals surface area contributed by atoms with Crippen LogP contribution in [-0.2, 0) is 20.7 Å². The van der Waals surface area contributed by atoms with Crippen molar-refractivity contribution in [3.63, 3.8) is 0 Å². The van der Waals surface area contributed by atoms with Crippen molar-refractivity contribution in [3.8, 4) is 0 Å². The van der Waals surface area contributed by atoms with E-state index in [0.717, 1.165) is 33.1 Å². The average Bonchev–Trinajstić information content (AvgIpc) is 3.34. The fraction of sp³-hybridized carbons (Fsp3) is 0.208. The summed E-state index contributed by atoms with van der Waals surface area (Å²) < 4.78 is 33.3. The van der Waals surface area contributed by atoms with E-state index in [4.69, 9.17) is 4.74 Å². The number of hydrogen-bond acceptors (Lipinski definition) is 4. The van der Waals surface area contributed by atoms with Crippen LogP contribution in [0.4, 0.5) is 19.3 Å². The van der Waals surface area contributed by atoms with Crippen LogP contribution >= 0.6 is 0 Å². The molecule has 0 radical (unpaired) electrons. The third-order valence-corrected chi connectivity index (χ3v) is 6.21. The average molecular weight is 452 g/mol. The Balaban J connectivity index is 1.48. The molecule has 33 heavy (non-hydrogen) atoms. The zero-order valence-electron chi connectivity index (χ0n) is 17.4. The first-order valence-corrected chi connectivity index (χ1v) is 10.2. The fourth-order valence-corrected chi connectivity index (χ4v) is 4.79. The van der Waals surface area contributed by atoms with Crippen LogP contribution in [0.15, 0.2) is 65.9 Å². The fourth-order valence-electron chi connectivity index (χ4n) is 4.79. The Morgan fingerprint density at radius 1 is 1.12 bits per heavy atom. The molecule has 3 unspecified atom stereocenters. The first kappa shape index (κ1) is 20.9. The minimum absolute atomic E-state index is 0.0370. The van der Waals surface area contributed by atoms with Crippen molar-refractivity contribution in [2.24, 2.45) is 5.92 Å². The van der Waals surface area contributed by atoms with Crippen LogP contribution in [0.25, 0.3) is 0 Å². The number of amides is 3. The molecule has 9 heteroatoms. The van der Waals surface area contributed by atoms with Gasteiger partial charge in [-0.1, -0.05) is 24.3 Å². The van der Waals surface area contributed by atoms with Gasteiger partial charge in [-0.05, 0) is 42.7 Å². The van der Waals surface area contributed by atoms with Crippen LogP contribution in [0.3, 0.4) is 0 Å². The normalized spacial score (nSPS) is 24.9. The Kier molecular flexibility index (Phi) is 4.77. The summed E-state index contributed by atoms with van der Waals surface area (Å²) in [7, 11) is 0. The molecule has 0 aromatic heterocycles. The van der Waals surface area contributed by atoms with Gasteiger partial charge in [-0.15, -0.1) is 0 Å². The maximum absolute atomic E-state index is 13.8. The van der Waals surface area contributed by atoms with Gasteiger partial charge in [0.05, 0.1) is 23.6 Å². The topological polar surface area (TPSA) is 87.2 Å². The van der Waals surface area contributed by atoms with Gasteiger partial charge in [-0.2, -0.15) is 0 Å². The maximum atomic E-state index is 13.8. The van der Waals surface area contributed by atoms with E-state index in [1.165, 1.54) is 19.3 Å². The van der Waals surface area contributed by atoms with E-state index in [1.807, 2.05) is 12.1 Å². The predicted octanol–water partition coefficient (Wildman–Crippen LogP) is 3.92. The number of carbonyl (C=O) groups is 3. The number of anilines is 1. The van der Waals surface area contributed by atoms with E-state index in [0.29, 0.717) is 18.1 Å². The molecule has 1 saturated heterocycles. The van der Waals surface area contributed by atoms with Gasteiger partial charge >= 0.3 is 6.09 Å². The lowest BCUT2D eigenvalue weighted by Crippen LogP contribution is -2.36. The minimum Gasteiger partial charge on any atom is -0.474 e. The second kappa shape index (κ2) is 7.54. The quantitative estimate of drug-likeness (QED) is 0.564. The SMILES string of the molecule is CC1=CC(O/C=C2/C(=O)N(C(=O)O)C3c4ccccc4CC23)N(c2cc(F)cc(F)c2)C1=O. The summed E-state index contributed by atoms with van der Waals surface area (Å²) in [6, 6.07) is 9.38. The molecule has 0 saturated carbocycles. The number of rotatable bonds is 3. The molecule has 1 aliphatic carbocycles. The molecule has 5 rings (SSSR count). The predicted molar refractivity (Wildman–Crippen MR) is 112 cm³/mol. The van der Waals surface area contributed by atoms with Crippen LogP contribution < -0.4 is 4.90 Å².